The second-order valence-electron chi connectivity index (χ2n) is 13.5. The average molecular weight is 458 g/mol. The topological polar surface area (TPSA) is 29.5 Å². The van der Waals surface area contributed by atoms with Crippen molar-refractivity contribution in [1.82, 2.24) is 4.90 Å². The number of nitrogens with zero attached hydrogens (tertiary/aromatic N) is 1. The number of carbonyl (C=O) groups is 1. The summed E-state index contributed by atoms with van der Waals surface area (Å²) in [6.07, 6.45) is 18.0. The summed E-state index contributed by atoms with van der Waals surface area (Å²) in [5, 5.41) is 0. The molecule has 3 saturated carbocycles. The quantitative estimate of drug-likeness (QED) is 0.379. The molecule has 4 aliphatic carbocycles. The van der Waals surface area contributed by atoms with E-state index in [1.807, 2.05) is 0 Å². The van der Waals surface area contributed by atoms with Gasteiger partial charge in [0, 0.05) is 14.1 Å². The Morgan fingerprint density at radius 1 is 0.970 bits per heavy atom. The summed E-state index contributed by atoms with van der Waals surface area (Å²) >= 11 is 0. The number of allylic oxidation sites excluding steroid dienone is 1. The molecular formula is C30H51NO2. The van der Waals surface area contributed by atoms with Crippen LogP contribution in [0.25, 0.3) is 0 Å². The minimum absolute atomic E-state index is 0.0643. The Hall–Kier alpha value is -0.990. The van der Waals surface area contributed by atoms with E-state index >= 15 is 0 Å². The zero-order valence-electron chi connectivity index (χ0n) is 22.6. The lowest BCUT2D eigenvalue weighted by Gasteiger charge is -2.60. The molecule has 0 unspecified atom stereocenters. The summed E-state index contributed by atoms with van der Waals surface area (Å²) in [6, 6.07) is 0. The lowest BCUT2D eigenvalue weighted by atomic mass is 9.45. The summed E-state index contributed by atoms with van der Waals surface area (Å²) in [5.41, 5.74) is 0.820. The van der Waals surface area contributed by atoms with E-state index in [4.69, 9.17) is 4.74 Å². The maximum absolute atomic E-state index is 12.2. The van der Waals surface area contributed by atoms with Crippen molar-refractivity contribution in [3.63, 3.8) is 0 Å². The first-order chi connectivity index (χ1) is 15.6. The minimum Gasteiger partial charge on any atom is -0.442 e. The van der Waals surface area contributed by atoms with Gasteiger partial charge in [-0.15, -0.1) is 0 Å². The molecular weight excluding hydrogens is 406 g/mol. The molecule has 4 aliphatic rings. The minimum atomic E-state index is -0.208. The lowest BCUT2D eigenvalue weighted by Crippen LogP contribution is -2.54. The second kappa shape index (κ2) is 9.57. The van der Waals surface area contributed by atoms with E-state index in [2.05, 4.69) is 46.8 Å². The monoisotopic (exact) mass is 457 g/mol. The van der Waals surface area contributed by atoms with Crippen LogP contribution in [0.4, 0.5) is 4.79 Å². The number of hydrogen-bond donors (Lipinski definition) is 0. The van der Waals surface area contributed by atoms with Crippen molar-refractivity contribution in [3.8, 4) is 0 Å². The zero-order chi connectivity index (χ0) is 24.0. The van der Waals surface area contributed by atoms with Crippen molar-refractivity contribution in [2.75, 3.05) is 14.1 Å². The Balaban J connectivity index is 1.46. The number of carbonyl (C=O) groups excluding carboxylic acids is 1. The summed E-state index contributed by atoms with van der Waals surface area (Å²) in [6.45, 7) is 12.5. The molecule has 3 heteroatoms. The van der Waals surface area contributed by atoms with E-state index < -0.39 is 0 Å². The first kappa shape index (κ1) is 25.1. The number of amides is 1. The van der Waals surface area contributed by atoms with Crippen LogP contribution in [0, 0.1) is 52.3 Å². The van der Waals surface area contributed by atoms with Gasteiger partial charge in [-0.1, -0.05) is 60.0 Å². The summed E-state index contributed by atoms with van der Waals surface area (Å²) in [4.78, 5) is 13.8. The van der Waals surface area contributed by atoms with Gasteiger partial charge in [0.05, 0.1) is 0 Å². The fraction of sp³-hybridized carbons (Fsp3) is 0.900. The second-order valence-corrected chi connectivity index (χ2v) is 13.5. The van der Waals surface area contributed by atoms with Crippen LogP contribution in [0.5, 0.6) is 0 Å². The van der Waals surface area contributed by atoms with E-state index in [0.717, 1.165) is 41.9 Å². The van der Waals surface area contributed by atoms with Gasteiger partial charge in [0.2, 0.25) is 0 Å². The molecule has 3 fully saturated rings. The van der Waals surface area contributed by atoms with Crippen LogP contribution >= 0.6 is 0 Å². The predicted molar refractivity (Wildman–Crippen MR) is 137 cm³/mol. The summed E-state index contributed by atoms with van der Waals surface area (Å²) in [7, 11) is 3.55. The Morgan fingerprint density at radius 2 is 1.70 bits per heavy atom. The highest BCUT2D eigenvalue weighted by atomic mass is 16.6. The smallest absolute Gasteiger partial charge is 0.409 e. The van der Waals surface area contributed by atoms with E-state index in [1.54, 1.807) is 19.0 Å². The fourth-order valence-corrected chi connectivity index (χ4v) is 9.20. The molecule has 33 heavy (non-hydrogen) atoms. The van der Waals surface area contributed by atoms with Crippen LogP contribution in [-0.4, -0.2) is 31.2 Å². The molecule has 0 spiro atoms. The molecule has 4 rings (SSSR count). The molecule has 1 amide bonds. The van der Waals surface area contributed by atoms with Gasteiger partial charge in [0.25, 0.3) is 0 Å². The Morgan fingerprint density at radius 3 is 2.39 bits per heavy atom. The first-order valence-corrected chi connectivity index (χ1v) is 14.1. The van der Waals surface area contributed by atoms with Crippen LogP contribution in [-0.2, 0) is 4.74 Å². The van der Waals surface area contributed by atoms with Gasteiger partial charge in [0.1, 0.15) is 6.10 Å². The molecule has 3 nitrogen and oxygen atoms in total. The third-order valence-corrected chi connectivity index (χ3v) is 11.0. The zero-order valence-corrected chi connectivity index (χ0v) is 22.6. The van der Waals surface area contributed by atoms with Crippen LogP contribution in [0.3, 0.4) is 0 Å². The van der Waals surface area contributed by atoms with Crippen molar-refractivity contribution >= 4 is 6.09 Å². The number of hydrogen-bond acceptors (Lipinski definition) is 2. The third-order valence-electron chi connectivity index (χ3n) is 11.0. The van der Waals surface area contributed by atoms with Crippen LogP contribution in [0.2, 0.25) is 0 Å². The van der Waals surface area contributed by atoms with E-state index in [-0.39, 0.29) is 17.6 Å². The highest BCUT2D eigenvalue weighted by Crippen LogP contribution is 2.68. The largest absolute Gasteiger partial charge is 0.442 e. The molecule has 0 aromatic carbocycles. The summed E-state index contributed by atoms with van der Waals surface area (Å²) < 4.78 is 5.86. The van der Waals surface area contributed by atoms with Gasteiger partial charge < -0.3 is 9.64 Å². The van der Waals surface area contributed by atoms with Gasteiger partial charge in [-0.05, 0) is 103 Å². The SMILES string of the molecule is CC(C)CCC[C@@H](C)[C@H]1CC[C@H]2[C@@H]3CC[C@H]4C=C[C@@H](OC(=O)N(C)C)C[C@]4(C)[C@H]3CC[C@]12C. The number of fused-ring (bicyclic) bond motifs is 5. The van der Waals surface area contributed by atoms with Crippen LogP contribution in [0.15, 0.2) is 12.2 Å². The highest BCUT2D eigenvalue weighted by molar-refractivity contribution is 5.67. The van der Waals surface area contributed by atoms with Gasteiger partial charge in [0.15, 0.2) is 0 Å². The molecule has 0 saturated heterocycles. The van der Waals surface area contributed by atoms with Crippen molar-refractivity contribution < 1.29 is 9.53 Å². The van der Waals surface area contributed by atoms with E-state index in [0.29, 0.717) is 11.3 Å². The molecule has 0 heterocycles. The maximum Gasteiger partial charge on any atom is 0.409 e. The standard InChI is InChI=1S/C30H51NO2/c1-20(2)9-8-10-21(3)25-15-16-26-24-14-12-22-11-13-23(33-28(32)31(6)7)19-30(22,5)27(24)17-18-29(25,26)4/h11,13,20-27H,8-10,12,14-19H2,1-7H3/t21-,22-,23-,24+,25-,26+,27+,29-,30+/m1/s1. The third kappa shape index (κ3) is 4.64. The number of ether oxygens (including phenoxy) is 1. The van der Waals surface area contributed by atoms with Crippen molar-refractivity contribution in [1.29, 1.82) is 0 Å². The molecule has 0 bridgehead atoms. The van der Waals surface area contributed by atoms with E-state index in [1.165, 1.54) is 57.8 Å². The first-order valence-electron chi connectivity index (χ1n) is 14.1. The van der Waals surface area contributed by atoms with Crippen LogP contribution < -0.4 is 0 Å². The predicted octanol–water partition coefficient (Wildman–Crippen LogP) is 7.95. The molecule has 0 aromatic rings. The Labute approximate surface area is 204 Å². The van der Waals surface area contributed by atoms with Gasteiger partial charge in [-0.3, -0.25) is 0 Å². The number of rotatable bonds is 6. The van der Waals surface area contributed by atoms with Gasteiger partial charge in [-0.2, -0.15) is 0 Å². The Bertz CT molecular complexity index is 729. The molecule has 0 aromatic heterocycles. The van der Waals surface area contributed by atoms with Crippen molar-refractivity contribution in [2.45, 2.75) is 105 Å². The highest BCUT2D eigenvalue weighted by Gasteiger charge is 2.60. The fourth-order valence-electron chi connectivity index (χ4n) is 9.20. The average Bonchev–Trinajstić information content (AvgIpc) is 3.10. The molecule has 188 valence electrons. The van der Waals surface area contributed by atoms with E-state index in [9.17, 15) is 4.79 Å². The van der Waals surface area contributed by atoms with Gasteiger partial charge in [-0.25, -0.2) is 4.79 Å². The van der Waals surface area contributed by atoms with Crippen molar-refractivity contribution in [2.24, 2.45) is 52.3 Å². The van der Waals surface area contributed by atoms with Crippen LogP contribution in [0.1, 0.15) is 98.8 Å². The molecule has 0 N–H and O–H groups in total. The normalized spacial score (nSPS) is 42.9. The summed E-state index contributed by atoms with van der Waals surface area (Å²) in [5.74, 6) is 5.84. The maximum atomic E-state index is 12.2. The molecule has 0 radical (unpaired) electrons. The van der Waals surface area contributed by atoms with Gasteiger partial charge >= 0.3 is 6.09 Å². The molecule has 0 aliphatic heterocycles. The Kier molecular flexibility index (Phi) is 7.29. The van der Waals surface area contributed by atoms with Crippen molar-refractivity contribution in [3.05, 3.63) is 12.2 Å². The lowest BCUT2D eigenvalue weighted by molar-refractivity contribution is -0.107. The molecule has 9 atom stereocenters.